The van der Waals surface area contributed by atoms with Crippen molar-refractivity contribution in [2.75, 3.05) is 0 Å². The van der Waals surface area contributed by atoms with Crippen LogP contribution in [0, 0.1) is 11.6 Å². The summed E-state index contributed by atoms with van der Waals surface area (Å²) in [5, 5.41) is -0.681. The Kier molecular flexibility index (Phi) is 3.32. The van der Waals surface area contributed by atoms with Crippen molar-refractivity contribution in [1.29, 1.82) is 0 Å². The lowest BCUT2D eigenvalue weighted by Crippen LogP contribution is -2.28. The van der Waals surface area contributed by atoms with Gasteiger partial charge in [-0.05, 0) is 17.5 Å². The fourth-order valence-electron chi connectivity index (χ4n) is 1.54. The van der Waals surface area contributed by atoms with Crippen molar-refractivity contribution in [3.8, 4) is 5.75 Å². The molecule has 108 valence electrons. The average molecular weight is 312 g/mol. The van der Waals surface area contributed by atoms with Gasteiger partial charge in [0.15, 0.2) is 5.75 Å². The van der Waals surface area contributed by atoms with Gasteiger partial charge in [0.2, 0.25) is 0 Å². The van der Waals surface area contributed by atoms with Crippen molar-refractivity contribution in [2.24, 2.45) is 0 Å². The SMILES string of the molecule is O=S(=O)(Oc1cccc2cc(F)cc(F)c12)C(F)(F)F. The van der Waals surface area contributed by atoms with Gasteiger partial charge in [0, 0.05) is 6.07 Å². The molecule has 0 unspecified atom stereocenters. The van der Waals surface area contributed by atoms with Crippen LogP contribution in [0.15, 0.2) is 30.3 Å². The smallest absolute Gasteiger partial charge is 0.375 e. The van der Waals surface area contributed by atoms with Crippen LogP contribution in [0.25, 0.3) is 10.8 Å². The molecule has 0 aliphatic rings. The Morgan fingerprint density at radius 3 is 2.30 bits per heavy atom. The van der Waals surface area contributed by atoms with E-state index in [4.69, 9.17) is 0 Å². The lowest BCUT2D eigenvalue weighted by molar-refractivity contribution is -0.0499. The summed E-state index contributed by atoms with van der Waals surface area (Å²) in [6, 6.07) is 4.41. The molecule has 0 fully saturated rings. The molecular formula is C11H5F5O3S. The summed E-state index contributed by atoms with van der Waals surface area (Å²) in [4.78, 5) is 0. The fourth-order valence-corrected chi connectivity index (χ4v) is 2.01. The summed E-state index contributed by atoms with van der Waals surface area (Å²) in [6.07, 6.45) is 0. The van der Waals surface area contributed by atoms with Crippen molar-refractivity contribution < 1.29 is 34.6 Å². The second-order valence-corrected chi connectivity index (χ2v) is 5.26. The summed E-state index contributed by atoms with van der Waals surface area (Å²) in [5.41, 5.74) is -5.65. The number of rotatable bonds is 2. The molecule has 0 saturated heterocycles. The number of hydrogen-bond acceptors (Lipinski definition) is 3. The molecule has 0 bridgehead atoms. The molecule has 2 aromatic carbocycles. The van der Waals surface area contributed by atoms with Gasteiger partial charge in [-0.25, -0.2) is 8.78 Å². The standard InChI is InChI=1S/C11H5F5O3S/c12-7-4-6-2-1-3-9(10(6)8(13)5-7)19-20(17,18)11(14,15)16/h1-5H. The molecule has 3 nitrogen and oxygen atoms in total. The van der Waals surface area contributed by atoms with E-state index in [0.717, 1.165) is 18.2 Å². The topological polar surface area (TPSA) is 43.4 Å². The van der Waals surface area contributed by atoms with E-state index in [1.54, 1.807) is 0 Å². The van der Waals surface area contributed by atoms with Crippen LogP contribution in [-0.4, -0.2) is 13.9 Å². The third kappa shape index (κ3) is 2.53. The Hall–Kier alpha value is -1.90. The largest absolute Gasteiger partial charge is 0.534 e. The van der Waals surface area contributed by atoms with Gasteiger partial charge in [-0.15, -0.1) is 0 Å². The van der Waals surface area contributed by atoms with Crippen LogP contribution in [-0.2, 0) is 10.1 Å². The quantitative estimate of drug-likeness (QED) is 0.485. The molecular weight excluding hydrogens is 307 g/mol. The lowest BCUT2D eigenvalue weighted by atomic mass is 10.1. The van der Waals surface area contributed by atoms with E-state index >= 15 is 0 Å². The van der Waals surface area contributed by atoms with Crippen LogP contribution in [0.2, 0.25) is 0 Å². The summed E-state index contributed by atoms with van der Waals surface area (Å²) < 4.78 is 88.9. The highest BCUT2D eigenvalue weighted by atomic mass is 32.2. The molecule has 2 rings (SSSR count). The number of halogens is 5. The molecule has 20 heavy (non-hydrogen) atoms. The Labute approximate surface area is 109 Å². The van der Waals surface area contributed by atoms with E-state index in [0.29, 0.717) is 6.07 Å². The third-order valence-electron chi connectivity index (χ3n) is 2.34. The molecule has 2 aromatic rings. The Morgan fingerprint density at radius 1 is 1.05 bits per heavy atom. The van der Waals surface area contributed by atoms with Crippen LogP contribution in [0.5, 0.6) is 5.75 Å². The minimum Gasteiger partial charge on any atom is -0.375 e. The Morgan fingerprint density at radius 2 is 1.70 bits per heavy atom. The van der Waals surface area contributed by atoms with E-state index in [-0.39, 0.29) is 5.39 Å². The number of alkyl halides is 3. The normalized spacial score (nSPS) is 12.7. The van der Waals surface area contributed by atoms with E-state index < -0.39 is 38.4 Å². The predicted molar refractivity (Wildman–Crippen MR) is 59.5 cm³/mol. The van der Waals surface area contributed by atoms with Gasteiger partial charge in [0.05, 0.1) is 5.39 Å². The minimum atomic E-state index is -5.93. The van der Waals surface area contributed by atoms with Gasteiger partial charge < -0.3 is 4.18 Å². The highest BCUT2D eigenvalue weighted by Gasteiger charge is 2.48. The molecule has 0 N–H and O–H groups in total. The van der Waals surface area contributed by atoms with Gasteiger partial charge in [0.1, 0.15) is 11.6 Å². The van der Waals surface area contributed by atoms with Crippen molar-refractivity contribution in [1.82, 2.24) is 0 Å². The van der Waals surface area contributed by atoms with Crippen molar-refractivity contribution >= 4 is 20.9 Å². The summed E-state index contributed by atoms with van der Waals surface area (Å²) in [5.74, 6) is -3.05. The molecule has 0 radical (unpaired) electrons. The molecule has 0 saturated carbocycles. The second kappa shape index (κ2) is 4.58. The first-order chi connectivity index (χ1) is 9.12. The van der Waals surface area contributed by atoms with E-state index in [2.05, 4.69) is 4.18 Å². The summed E-state index contributed by atoms with van der Waals surface area (Å²) in [6.45, 7) is 0. The molecule has 0 aliphatic carbocycles. The third-order valence-corrected chi connectivity index (χ3v) is 3.30. The van der Waals surface area contributed by atoms with Crippen molar-refractivity contribution in [2.45, 2.75) is 5.51 Å². The zero-order chi connectivity index (χ0) is 15.1. The van der Waals surface area contributed by atoms with Crippen molar-refractivity contribution in [3.05, 3.63) is 42.0 Å². The zero-order valence-corrected chi connectivity index (χ0v) is 10.2. The summed E-state index contributed by atoms with van der Waals surface area (Å²) in [7, 11) is -5.93. The molecule has 0 heterocycles. The Bertz CT molecular complexity index is 767. The second-order valence-electron chi connectivity index (χ2n) is 3.73. The maximum atomic E-state index is 13.6. The summed E-state index contributed by atoms with van der Waals surface area (Å²) >= 11 is 0. The first kappa shape index (κ1) is 14.5. The van der Waals surface area contributed by atoms with Gasteiger partial charge in [-0.2, -0.15) is 21.6 Å². The van der Waals surface area contributed by atoms with Gasteiger partial charge in [-0.1, -0.05) is 12.1 Å². The average Bonchev–Trinajstić information content (AvgIpc) is 2.25. The van der Waals surface area contributed by atoms with Gasteiger partial charge >= 0.3 is 15.6 Å². The van der Waals surface area contributed by atoms with Crippen LogP contribution >= 0.6 is 0 Å². The molecule has 0 aliphatic heterocycles. The molecule has 0 aromatic heterocycles. The van der Waals surface area contributed by atoms with Crippen molar-refractivity contribution in [3.63, 3.8) is 0 Å². The number of fused-ring (bicyclic) bond motifs is 1. The number of benzene rings is 2. The van der Waals surface area contributed by atoms with Crippen LogP contribution in [0.4, 0.5) is 22.0 Å². The highest BCUT2D eigenvalue weighted by Crippen LogP contribution is 2.33. The molecule has 9 heteroatoms. The molecule has 0 amide bonds. The maximum absolute atomic E-state index is 13.6. The Balaban J connectivity index is 2.63. The fraction of sp³-hybridized carbons (Fsp3) is 0.0909. The lowest BCUT2D eigenvalue weighted by Gasteiger charge is -2.11. The van der Waals surface area contributed by atoms with Gasteiger partial charge in [0.25, 0.3) is 0 Å². The zero-order valence-electron chi connectivity index (χ0n) is 9.41. The van der Waals surface area contributed by atoms with E-state index in [1.165, 1.54) is 6.07 Å². The minimum absolute atomic E-state index is 0.127. The first-order valence-electron chi connectivity index (χ1n) is 5.00. The molecule has 0 atom stereocenters. The predicted octanol–water partition coefficient (Wildman–Crippen LogP) is 3.35. The first-order valence-corrected chi connectivity index (χ1v) is 6.41. The van der Waals surface area contributed by atoms with E-state index in [9.17, 15) is 30.4 Å². The molecule has 0 spiro atoms. The van der Waals surface area contributed by atoms with E-state index in [1.807, 2.05) is 0 Å². The number of hydrogen-bond donors (Lipinski definition) is 0. The highest BCUT2D eigenvalue weighted by molar-refractivity contribution is 7.88. The van der Waals surface area contributed by atoms with Crippen LogP contribution < -0.4 is 4.18 Å². The van der Waals surface area contributed by atoms with Gasteiger partial charge in [-0.3, -0.25) is 0 Å². The maximum Gasteiger partial charge on any atom is 0.534 e. The van der Waals surface area contributed by atoms with Crippen LogP contribution in [0.1, 0.15) is 0 Å². The van der Waals surface area contributed by atoms with Crippen LogP contribution in [0.3, 0.4) is 0 Å². The monoisotopic (exact) mass is 312 g/mol.